The molecule has 7 heteroatoms. The van der Waals surface area contributed by atoms with Crippen molar-refractivity contribution in [1.29, 1.82) is 0 Å². The minimum Gasteiger partial charge on any atom is -0.497 e. The summed E-state index contributed by atoms with van der Waals surface area (Å²) in [6, 6.07) is 23.9. The Kier molecular flexibility index (Phi) is 5.33. The van der Waals surface area contributed by atoms with Gasteiger partial charge >= 0.3 is 0 Å². The highest BCUT2D eigenvalue weighted by Crippen LogP contribution is 2.42. The highest BCUT2D eigenvalue weighted by molar-refractivity contribution is 7.80. The van der Waals surface area contributed by atoms with Crippen molar-refractivity contribution in [2.45, 2.75) is 12.1 Å². The molecule has 5 nitrogen and oxygen atoms in total. The molecule has 2 aromatic carbocycles. The summed E-state index contributed by atoms with van der Waals surface area (Å²) in [6.45, 7) is 0. The molecule has 1 N–H and O–H groups in total. The largest absolute Gasteiger partial charge is 0.497 e. The summed E-state index contributed by atoms with van der Waals surface area (Å²) in [5, 5.41) is 4.01. The smallest absolute Gasteiger partial charge is 0.174 e. The molecule has 0 unspecified atom stereocenters. The van der Waals surface area contributed by atoms with E-state index in [1.165, 1.54) is 12.1 Å². The van der Waals surface area contributed by atoms with Crippen molar-refractivity contribution in [2.75, 3.05) is 12.0 Å². The van der Waals surface area contributed by atoms with Crippen LogP contribution in [0.3, 0.4) is 0 Å². The third-order valence-corrected chi connectivity index (χ3v) is 5.95. The van der Waals surface area contributed by atoms with Crippen LogP contribution in [0.2, 0.25) is 0 Å². The average Bonchev–Trinajstić information content (AvgIpc) is 3.44. The van der Waals surface area contributed by atoms with Crippen LogP contribution in [0.5, 0.6) is 5.75 Å². The van der Waals surface area contributed by atoms with Crippen LogP contribution < -0.4 is 15.0 Å². The van der Waals surface area contributed by atoms with Crippen LogP contribution in [0.1, 0.15) is 23.5 Å². The topological polar surface area (TPSA) is 42.3 Å². The Hall–Kier alpha value is -3.71. The van der Waals surface area contributed by atoms with Gasteiger partial charge < -0.3 is 19.5 Å². The highest BCUT2D eigenvalue weighted by Gasteiger charge is 2.42. The summed E-state index contributed by atoms with van der Waals surface area (Å²) < 4.78 is 21.1. The van der Waals surface area contributed by atoms with E-state index < -0.39 is 0 Å². The first-order valence-electron chi connectivity index (χ1n) is 10.2. The Morgan fingerprint density at radius 2 is 1.69 bits per heavy atom. The van der Waals surface area contributed by atoms with E-state index in [1.54, 1.807) is 25.4 Å². The second-order valence-corrected chi connectivity index (χ2v) is 7.86. The zero-order valence-electron chi connectivity index (χ0n) is 17.4. The van der Waals surface area contributed by atoms with Crippen molar-refractivity contribution in [1.82, 2.24) is 14.9 Å². The third kappa shape index (κ3) is 3.61. The number of hydrogen-bond acceptors (Lipinski definition) is 3. The Morgan fingerprint density at radius 3 is 2.38 bits per heavy atom. The van der Waals surface area contributed by atoms with Gasteiger partial charge in [-0.15, -0.1) is 0 Å². The predicted molar refractivity (Wildman–Crippen MR) is 127 cm³/mol. The number of ether oxygens (including phenoxy) is 1. The van der Waals surface area contributed by atoms with Gasteiger partial charge in [-0.3, -0.25) is 4.98 Å². The molecule has 160 valence electrons. The predicted octanol–water partition coefficient (Wildman–Crippen LogP) is 5.20. The normalized spacial score (nSPS) is 17.9. The van der Waals surface area contributed by atoms with Crippen LogP contribution >= 0.6 is 12.2 Å². The van der Waals surface area contributed by atoms with Crippen molar-refractivity contribution < 1.29 is 9.13 Å². The van der Waals surface area contributed by atoms with Gasteiger partial charge in [-0.1, -0.05) is 6.07 Å². The van der Waals surface area contributed by atoms with Crippen molar-refractivity contribution in [3.63, 3.8) is 0 Å². The maximum atomic E-state index is 13.6. The van der Waals surface area contributed by atoms with E-state index in [4.69, 9.17) is 17.0 Å². The lowest BCUT2D eigenvalue weighted by atomic mass is 10.0. The standard InChI is InChI=1S/C25H21FN4OS/c1-31-20-13-11-18(12-14-20)29-16-4-6-22(29)24-23(21-5-2-3-15-27-21)28-25(32)30(24)19-9-7-17(26)8-10-19/h2-16,23-24H,1H3,(H,28,32)/t23-,24-/m1/s1. The molecule has 0 aliphatic carbocycles. The van der Waals surface area contributed by atoms with E-state index in [-0.39, 0.29) is 17.9 Å². The number of nitrogens with one attached hydrogen (secondary N) is 1. The molecule has 0 amide bonds. The van der Waals surface area contributed by atoms with E-state index >= 15 is 0 Å². The van der Waals surface area contributed by atoms with Crippen molar-refractivity contribution in [3.8, 4) is 11.4 Å². The zero-order valence-corrected chi connectivity index (χ0v) is 18.2. The number of pyridine rings is 1. The van der Waals surface area contributed by atoms with Crippen LogP contribution in [0.4, 0.5) is 10.1 Å². The molecular weight excluding hydrogens is 423 g/mol. The van der Waals surface area contributed by atoms with Crippen LogP contribution in [0.15, 0.2) is 91.3 Å². The molecule has 1 aliphatic rings. The van der Waals surface area contributed by atoms with E-state index in [0.29, 0.717) is 5.11 Å². The van der Waals surface area contributed by atoms with Gasteiger partial charge in [0.15, 0.2) is 5.11 Å². The van der Waals surface area contributed by atoms with Crippen LogP contribution in [0, 0.1) is 5.82 Å². The molecule has 1 fully saturated rings. The second kappa shape index (κ2) is 8.43. The molecule has 2 atom stereocenters. The molecule has 1 aliphatic heterocycles. The quantitative estimate of drug-likeness (QED) is 0.429. The first kappa shape index (κ1) is 20.2. The molecule has 32 heavy (non-hydrogen) atoms. The molecule has 2 aromatic heterocycles. The SMILES string of the molecule is COc1ccc(-n2cccc2[C@@H]2[C@@H](c3ccccn3)NC(=S)N2c2ccc(F)cc2)cc1. The number of aromatic nitrogens is 2. The number of rotatable bonds is 5. The number of nitrogens with zero attached hydrogens (tertiary/aromatic N) is 3. The zero-order chi connectivity index (χ0) is 22.1. The number of hydrogen-bond donors (Lipinski definition) is 1. The van der Waals surface area contributed by atoms with Crippen LogP contribution in [-0.2, 0) is 0 Å². The van der Waals surface area contributed by atoms with Crippen molar-refractivity contribution in [3.05, 3.63) is 108 Å². The summed E-state index contributed by atoms with van der Waals surface area (Å²) in [5.74, 6) is 0.511. The summed E-state index contributed by atoms with van der Waals surface area (Å²) in [6.07, 6.45) is 3.80. The minimum absolute atomic E-state index is 0.180. The molecule has 0 saturated carbocycles. The van der Waals surface area contributed by atoms with E-state index in [0.717, 1.165) is 28.5 Å². The van der Waals surface area contributed by atoms with Gasteiger partial charge in [0.05, 0.1) is 18.8 Å². The maximum Gasteiger partial charge on any atom is 0.174 e. The van der Waals surface area contributed by atoms with Crippen LogP contribution in [-0.4, -0.2) is 21.8 Å². The number of thiocarbonyl (C=S) groups is 1. The Balaban J connectivity index is 1.64. The molecule has 0 spiro atoms. The summed E-state index contributed by atoms with van der Waals surface area (Å²) in [4.78, 5) is 6.62. The van der Waals surface area contributed by atoms with E-state index in [1.807, 2.05) is 59.6 Å². The molecule has 0 bridgehead atoms. The third-order valence-electron chi connectivity index (χ3n) is 5.64. The monoisotopic (exact) mass is 444 g/mol. The minimum atomic E-state index is -0.286. The number of halogens is 1. The lowest BCUT2D eigenvalue weighted by molar-refractivity contribution is 0.414. The first-order chi connectivity index (χ1) is 15.7. The van der Waals surface area contributed by atoms with Crippen molar-refractivity contribution in [2.24, 2.45) is 0 Å². The van der Waals surface area contributed by atoms with E-state index in [2.05, 4.69) is 20.9 Å². The van der Waals surface area contributed by atoms with Crippen LogP contribution in [0.25, 0.3) is 5.69 Å². The maximum absolute atomic E-state index is 13.6. The highest BCUT2D eigenvalue weighted by atomic mass is 32.1. The lowest BCUT2D eigenvalue weighted by Gasteiger charge is -2.29. The Labute approximate surface area is 191 Å². The summed E-state index contributed by atoms with van der Waals surface area (Å²) >= 11 is 5.74. The summed E-state index contributed by atoms with van der Waals surface area (Å²) in [7, 11) is 1.65. The van der Waals surface area contributed by atoms with Gasteiger partial charge in [0.2, 0.25) is 0 Å². The fourth-order valence-corrected chi connectivity index (χ4v) is 4.49. The summed E-state index contributed by atoms with van der Waals surface area (Å²) in [5.41, 5.74) is 3.73. The number of benzene rings is 2. The molecular formula is C25H21FN4OS. The van der Waals surface area contributed by atoms with Gasteiger partial charge in [-0.2, -0.15) is 0 Å². The van der Waals surface area contributed by atoms with E-state index in [9.17, 15) is 4.39 Å². The van der Waals surface area contributed by atoms with Gasteiger partial charge in [0.1, 0.15) is 17.6 Å². The molecule has 5 rings (SSSR count). The van der Waals surface area contributed by atoms with Gasteiger partial charge in [0.25, 0.3) is 0 Å². The fourth-order valence-electron chi connectivity index (χ4n) is 4.15. The second-order valence-electron chi connectivity index (χ2n) is 7.47. The van der Waals surface area contributed by atoms with Crippen molar-refractivity contribution >= 4 is 23.0 Å². The lowest BCUT2D eigenvalue weighted by Crippen LogP contribution is -2.30. The molecule has 4 aromatic rings. The molecule has 3 heterocycles. The number of anilines is 1. The Bertz CT molecular complexity index is 1230. The Morgan fingerprint density at radius 1 is 0.938 bits per heavy atom. The first-order valence-corrected chi connectivity index (χ1v) is 10.6. The van der Waals surface area contributed by atoms with Gasteiger partial charge in [-0.25, -0.2) is 4.39 Å². The molecule has 1 saturated heterocycles. The average molecular weight is 445 g/mol. The van der Waals surface area contributed by atoms with Gasteiger partial charge in [-0.05, 0) is 85.0 Å². The molecule has 0 radical (unpaired) electrons. The number of methoxy groups -OCH3 is 1. The fraction of sp³-hybridized carbons (Fsp3) is 0.120. The van der Waals surface area contributed by atoms with Gasteiger partial charge in [0, 0.05) is 29.5 Å².